The molecular weight excluding hydrogens is 390 g/mol. The molecule has 0 saturated carbocycles. The van der Waals surface area contributed by atoms with Crippen molar-refractivity contribution in [3.63, 3.8) is 0 Å². The van der Waals surface area contributed by atoms with E-state index in [1.165, 1.54) is 14.7 Å². The molecule has 152 valence electrons. The summed E-state index contributed by atoms with van der Waals surface area (Å²) in [6.45, 7) is 4.03. The van der Waals surface area contributed by atoms with Crippen molar-refractivity contribution in [3.8, 4) is 11.4 Å². The van der Waals surface area contributed by atoms with Gasteiger partial charge >= 0.3 is 0 Å². The summed E-state index contributed by atoms with van der Waals surface area (Å²) in [6, 6.07) is 15.0. The third-order valence-electron chi connectivity index (χ3n) is 4.90. The van der Waals surface area contributed by atoms with E-state index in [1.54, 1.807) is 18.2 Å². The smallest absolute Gasteiger partial charge is 0.243 e. The molecule has 2 heterocycles. The molecule has 4 rings (SSSR count). The van der Waals surface area contributed by atoms with Crippen LogP contribution in [0.25, 0.3) is 11.4 Å². The van der Waals surface area contributed by atoms with Crippen LogP contribution in [-0.4, -0.2) is 59.2 Å². The van der Waals surface area contributed by atoms with Crippen molar-refractivity contribution in [2.24, 2.45) is 0 Å². The Morgan fingerprint density at radius 1 is 1.03 bits per heavy atom. The van der Waals surface area contributed by atoms with E-state index in [-0.39, 0.29) is 4.90 Å². The molecular formula is C20H23N5O3S. The van der Waals surface area contributed by atoms with Gasteiger partial charge in [0.05, 0.1) is 24.7 Å². The van der Waals surface area contributed by atoms with E-state index in [0.717, 1.165) is 17.5 Å². The van der Waals surface area contributed by atoms with Crippen LogP contribution in [0.5, 0.6) is 0 Å². The average Bonchev–Trinajstić information content (AvgIpc) is 3.23. The summed E-state index contributed by atoms with van der Waals surface area (Å²) in [5.41, 5.74) is 2.95. The molecule has 1 aromatic heterocycles. The van der Waals surface area contributed by atoms with Crippen molar-refractivity contribution < 1.29 is 13.2 Å². The van der Waals surface area contributed by atoms with Crippen LogP contribution in [0.4, 0.5) is 0 Å². The van der Waals surface area contributed by atoms with Gasteiger partial charge in [0.1, 0.15) is 0 Å². The van der Waals surface area contributed by atoms with Gasteiger partial charge in [-0.05, 0) is 34.9 Å². The van der Waals surface area contributed by atoms with Crippen LogP contribution in [0, 0.1) is 0 Å². The maximum atomic E-state index is 12.9. The molecule has 9 heteroatoms. The van der Waals surface area contributed by atoms with Gasteiger partial charge in [-0.3, -0.25) is 0 Å². The molecule has 1 aliphatic rings. The highest BCUT2D eigenvalue weighted by atomic mass is 32.2. The predicted molar refractivity (Wildman–Crippen MR) is 108 cm³/mol. The van der Waals surface area contributed by atoms with Gasteiger partial charge in [0, 0.05) is 18.7 Å². The molecule has 0 bridgehead atoms. The number of ether oxygens (including phenoxy) is 1. The molecule has 0 N–H and O–H groups in total. The van der Waals surface area contributed by atoms with Crippen molar-refractivity contribution in [1.82, 2.24) is 24.5 Å². The molecule has 0 unspecified atom stereocenters. The van der Waals surface area contributed by atoms with Gasteiger partial charge in [-0.15, -0.1) is 10.2 Å². The van der Waals surface area contributed by atoms with E-state index >= 15 is 0 Å². The second-order valence-corrected chi connectivity index (χ2v) is 8.80. The zero-order chi connectivity index (χ0) is 20.3. The van der Waals surface area contributed by atoms with E-state index < -0.39 is 10.0 Å². The highest BCUT2D eigenvalue weighted by molar-refractivity contribution is 7.89. The van der Waals surface area contributed by atoms with Crippen LogP contribution < -0.4 is 0 Å². The lowest BCUT2D eigenvalue weighted by Crippen LogP contribution is -2.40. The normalized spacial score (nSPS) is 15.5. The first-order chi connectivity index (χ1) is 14.1. The Morgan fingerprint density at radius 2 is 1.79 bits per heavy atom. The number of aryl methyl sites for hydroxylation is 1. The standard InChI is InChI=1S/C20H23N5O3S/c1-2-16-6-8-18(9-7-16)20-21-23-25(22-20)15-17-4-3-5-19(14-17)29(26,27)24-10-12-28-13-11-24/h3-9,14H,2,10-13,15H2,1H3. The summed E-state index contributed by atoms with van der Waals surface area (Å²) in [7, 11) is -3.53. The second-order valence-electron chi connectivity index (χ2n) is 6.86. The molecule has 0 aliphatic carbocycles. The van der Waals surface area contributed by atoms with Crippen molar-refractivity contribution in [3.05, 3.63) is 59.7 Å². The second kappa shape index (κ2) is 8.40. The number of sulfonamides is 1. The van der Waals surface area contributed by atoms with E-state index in [4.69, 9.17) is 4.74 Å². The number of nitrogens with zero attached hydrogens (tertiary/aromatic N) is 5. The Labute approximate surface area is 170 Å². The first-order valence-electron chi connectivity index (χ1n) is 9.60. The van der Waals surface area contributed by atoms with Gasteiger partial charge < -0.3 is 4.74 Å². The van der Waals surface area contributed by atoms with Crippen LogP contribution in [0.1, 0.15) is 18.1 Å². The summed E-state index contributed by atoms with van der Waals surface area (Å²) in [6.07, 6.45) is 0.976. The summed E-state index contributed by atoms with van der Waals surface area (Å²) >= 11 is 0. The van der Waals surface area contributed by atoms with Crippen LogP contribution >= 0.6 is 0 Å². The van der Waals surface area contributed by atoms with Crippen LogP contribution in [0.15, 0.2) is 53.4 Å². The fourth-order valence-corrected chi connectivity index (χ4v) is 4.70. The summed E-state index contributed by atoms with van der Waals surface area (Å²) in [5, 5.41) is 12.7. The number of hydrogen-bond acceptors (Lipinski definition) is 6. The average molecular weight is 414 g/mol. The fourth-order valence-electron chi connectivity index (χ4n) is 3.22. The zero-order valence-corrected chi connectivity index (χ0v) is 17.0. The molecule has 1 fully saturated rings. The largest absolute Gasteiger partial charge is 0.379 e. The van der Waals surface area contributed by atoms with Gasteiger partial charge in [0.25, 0.3) is 0 Å². The SMILES string of the molecule is CCc1ccc(-c2nnn(Cc3cccc(S(=O)(=O)N4CCOCC4)c3)n2)cc1. The summed E-state index contributed by atoms with van der Waals surface area (Å²) in [5.74, 6) is 0.546. The maximum Gasteiger partial charge on any atom is 0.243 e. The Morgan fingerprint density at radius 3 is 2.52 bits per heavy atom. The van der Waals surface area contributed by atoms with E-state index in [1.807, 2.05) is 18.2 Å². The fraction of sp³-hybridized carbons (Fsp3) is 0.350. The minimum Gasteiger partial charge on any atom is -0.379 e. The first-order valence-corrected chi connectivity index (χ1v) is 11.0. The predicted octanol–water partition coefficient (Wildman–Crippen LogP) is 1.97. The highest BCUT2D eigenvalue weighted by Crippen LogP contribution is 2.19. The van der Waals surface area contributed by atoms with Crippen LogP contribution in [-0.2, 0) is 27.7 Å². The quantitative estimate of drug-likeness (QED) is 0.614. The van der Waals surface area contributed by atoms with Crippen LogP contribution in [0.3, 0.4) is 0 Å². The number of benzene rings is 2. The monoisotopic (exact) mass is 413 g/mol. The van der Waals surface area contributed by atoms with Crippen molar-refractivity contribution in [1.29, 1.82) is 0 Å². The van der Waals surface area contributed by atoms with Crippen molar-refractivity contribution >= 4 is 10.0 Å². The Kier molecular flexibility index (Phi) is 5.70. The molecule has 0 amide bonds. The van der Waals surface area contributed by atoms with E-state index in [9.17, 15) is 8.42 Å². The zero-order valence-electron chi connectivity index (χ0n) is 16.2. The van der Waals surface area contributed by atoms with Crippen LogP contribution in [0.2, 0.25) is 0 Å². The molecule has 1 aliphatic heterocycles. The lowest BCUT2D eigenvalue weighted by atomic mass is 10.1. The Balaban J connectivity index is 1.51. The third-order valence-corrected chi connectivity index (χ3v) is 6.80. The maximum absolute atomic E-state index is 12.9. The topological polar surface area (TPSA) is 90.2 Å². The number of morpholine rings is 1. The van der Waals surface area contributed by atoms with Crippen molar-refractivity contribution in [2.45, 2.75) is 24.8 Å². The van der Waals surface area contributed by atoms with Gasteiger partial charge in [0.15, 0.2) is 0 Å². The number of tetrazole rings is 1. The summed E-state index contributed by atoms with van der Waals surface area (Å²) < 4.78 is 32.4. The molecule has 1 saturated heterocycles. The van der Waals surface area contributed by atoms with Gasteiger partial charge in [-0.25, -0.2) is 8.42 Å². The lowest BCUT2D eigenvalue weighted by Gasteiger charge is -2.26. The molecule has 0 spiro atoms. The Hall–Kier alpha value is -2.62. The first kappa shape index (κ1) is 19.7. The molecule has 2 aromatic carbocycles. The molecule has 29 heavy (non-hydrogen) atoms. The third kappa shape index (κ3) is 4.36. The number of rotatable bonds is 6. The molecule has 8 nitrogen and oxygen atoms in total. The number of aromatic nitrogens is 4. The molecule has 3 aromatic rings. The van der Waals surface area contributed by atoms with Gasteiger partial charge in [-0.1, -0.05) is 43.3 Å². The Bertz CT molecular complexity index is 1070. The van der Waals surface area contributed by atoms with Gasteiger partial charge in [0.2, 0.25) is 15.8 Å². The van der Waals surface area contributed by atoms with Crippen molar-refractivity contribution in [2.75, 3.05) is 26.3 Å². The van der Waals surface area contributed by atoms with E-state index in [2.05, 4.69) is 34.5 Å². The highest BCUT2D eigenvalue weighted by Gasteiger charge is 2.26. The summed E-state index contributed by atoms with van der Waals surface area (Å²) in [4.78, 5) is 1.75. The number of hydrogen-bond donors (Lipinski definition) is 0. The van der Waals surface area contributed by atoms with E-state index in [0.29, 0.717) is 38.7 Å². The minimum absolute atomic E-state index is 0.271. The lowest BCUT2D eigenvalue weighted by molar-refractivity contribution is 0.0730. The molecule has 0 atom stereocenters. The molecule has 0 radical (unpaired) electrons. The minimum atomic E-state index is -3.53. The van der Waals surface area contributed by atoms with Gasteiger partial charge in [-0.2, -0.15) is 9.10 Å².